The molecule has 57 heavy (non-hydrogen) atoms. The number of rotatable bonds is 44. The Labute approximate surface area is 354 Å². The molecule has 0 aromatic carbocycles. The number of likely N-dealkylation sites (N-methyl/N-ethyl adjacent to an activating group) is 1. The minimum Gasteiger partial charge on any atom is -0.391 e. The van der Waals surface area contributed by atoms with E-state index < -0.39 is 20.0 Å². The van der Waals surface area contributed by atoms with Gasteiger partial charge in [0.25, 0.3) is 0 Å². The van der Waals surface area contributed by atoms with E-state index >= 15 is 0 Å². The molecule has 0 fully saturated rings. The van der Waals surface area contributed by atoms with Crippen molar-refractivity contribution in [3.63, 3.8) is 0 Å². The maximum Gasteiger partial charge on any atom is 0.472 e. The van der Waals surface area contributed by atoms with Crippen molar-refractivity contribution in [2.75, 3.05) is 40.9 Å². The number of hydrogen-bond donors (Lipinski definition) is 3. The Bertz CT molecular complexity index is 984. The van der Waals surface area contributed by atoms with Crippen LogP contribution < -0.4 is 5.32 Å². The van der Waals surface area contributed by atoms with E-state index in [2.05, 4.69) is 43.5 Å². The van der Waals surface area contributed by atoms with E-state index in [-0.39, 0.29) is 19.1 Å². The van der Waals surface area contributed by atoms with Gasteiger partial charge < -0.3 is 19.8 Å². The van der Waals surface area contributed by atoms with Crippen LogP contribution in [0.15, 0.2) is 24.3 Å². The molecule has 0 bridgehead atoms. The lowest BCUT2D eigenvalue weighted by Crippen LogP contribution is -2.46. The first kappa shape index (κ1) is 56.0. The number of amides is 1. The molecule has 0 spiro atoms. The summed E-state index contributed by atoms with van der Waals surface area (Å²) >= 11 is 0. The van der Waals surface area contributed by atoms with Crippen LogP contribution in [0.4, 0.5) is 0 Å². The molecule has 0 radical (unpaired) electrons. The van der Waals surface area contributed by atoms with Gasteiger partial charge in [0.2, 0.25) is 5.91 Å². The number of carbonyl (C=O) groups excluding carboxylic acids is 1. The van der Waals surface area contributed by atoms with Gasteiger partial charge in [-0.05, 0) is 44.9 Å². The fraction of sp³-hybridized carbons (Fsp3) is 0.896. The van der Waals surface area contributed by atoms with Crippen LogP contribution in [0.5, 0.6) is 0 Å². The maximum absolute atomic E-state index is 12.9. The molecule has 9 heteroatoms. The Morgan fingerprint density at radius 3 is 1.44 bits per heavy atom. The van der Waals surface area contributed by atoms with E-state index in [0.717, 1.165) is 44.9 Å². The van der Waals surface area contributed by atoms with Gasteiger partial charge in [0, 0.05) is 6.42 Å². The van der Waals surface area contributed by atoms with Crippen LogP contribution >= 0.6 is 7.82 Å². The van der Waals surface area contributed by atoms with Crippen LogP contribution in [0.25, 0.3) is 0 Å². The second kappa shape index (κ2) is 40.4. The third kappa shape index (κ3) is 42.9. The van der Waals surface area contributed by atoms with Crippen molar-refractivity contribution in [1.82, 2.24) is 5.32 Å². The van der Waals surface area contributed by atoms with Gasteiger partial charge in [-0.1, -0.05) is 199 Å². The molecule has 3 N–H and O–H groups in total. The summed E-state index contributed by atoms with van der Waals surface area (Å²) in [5, 5.41) is 13.9. The van der Waals surface area contributed by atoms with Crippen LogP contribution in [0.3, 0.4) is 0 Å². The van der Waals surface area contributed by atoms with Gasteiger partial charge in [-0.2, -0.15) is 0 Å². The van der Waals surface area contributed by atoms with Gasteiger partial charge in [-0.25, -0.2) is 4.57 Å². The number of allylic oxidation sites excluding steroid dienone is 4. The second-order valence-electron chi connectivity index (χ2n) is 17.8. The standard InChI is InChI=1S/C48H95N2O6P/c1-6-8-10-12-14-16-18-19-20-21-22-23-24-25-26-27-28-29-30-31-32-34-36-38-40-42-48(52)49-46(45-56-57(53,54)55-44-43-50(3,4)5)47(51)41-39-37-35-33-17-15-13-11-9-7-2/h22-23,25-26,46-47,51H,6-21,24,27-45H2,1-5H3,(H-,49,52,53,54)/p+1/b23-22-,26-25-. The van der Waals surface area contributed by atoms with E-state index in [0.29, 0.717) is 23.9 Å². The fourth-order valence-electron chi connectivity index (χ4n) is 7.08. The molecule has 0 aliphatic rings. The molecule has 0 aromatic heterocycles. The van der Waals surface area contributed by atoms with Crippen molar-refractivity contribution in [2.24, 2.45) is 0 Å². The Balaban J connectivity index is 4.15. The van der Waals surface area contributed by atoms with Crippen molar-refractivity contribution in [1.29, 1.82) is 0 Å². The highest BCUT2D eigenvalue weighted by Gasteiger charge is 2.28. The summed E-state index contributed by atoms with van der Waals surface area (Å²) in [7, 11) is 1.61. The van der Waals surface area contributed by atoms with Gasteiger partial charge in [0.05, 0.1) is 39.9 Å². The number of carbonyl (C=O) groups is 1. The average molecular weight is 828 g/mol. The number of quaternary nitrogens is 1. The van der Waals surface area contributed by atoms with Gasteiger partial charge >= 0.3 is 7.82 Å². The van der Waals surface area contributed by atoms with Crippen LogP contribution in [-0.2, 0) is 18.4 Å². The highest BCUT2D eigenvalue weighted by Crippen LogP contribution is 2.43. The van der Waals surface area contributed by atoms with Crippen molar-refractivity contribution in [2.45, 2.75) is 238 Å². The zero-order chi connectivity index (χ0) is 42.1. The zero-order valence-corrected chi connectivity index (χ0v) is 39.2. The summed E-state index contributed by atoms with van der Waals surface area (Å²) in [5.74, 6) is -0.149. The van der Waals surface area contributed by atoms with E-state index in [9.17, 15) is 19.4 Å². The lowest BCUT2D eigenvalue weighted by atomic mass is 10.0. The molecule has 0 saturated heterocycles. The number of phosphoric ester groups is 1. The van der Waals surface area contributed by atoms with Crippen molar-refractivity contribution in [3.05, 3.63) is 24.3 Å². The number of phosphoric acid groups is 1. The highest BCUT2D eigenvalue weighted by atomic mass is 31.2. The summed E-state index contributed by atoms with van der Waals surface area (Å²) in [6.45, 7) is 4.87. The number of nitrogens with one attached hydrogen (secondary N) is 1. The van der Waals surface area contributed by atoms with Gasteiger partial charge in [-0.15, -0.1) is 0 Å². The van der Waals surface area contributed by atoms with Gasteiger partial charge in [0.15, 0.2) is 0 Å². The highest BCUT2D eigenvalue weighted by molar-refractivity contribution is 7.47. The molecular weight excluding hydrogens is 732 g/mol. The van der Waals surface area contributed by atoms with E-state index in [4.69, 9.17) is 9.05 Å². The summed E-state index contributed by atoms with van der Waals surface area (Å²) in [6, 6.07) is -0.759. The predicted molar refractivity (Wildman–Crippen MR) is 245 cm³/mol. The summed E-state index contributed by atoms with van der Waals surface area (Å²) < 4.78 is 23.6. The van der Waals surface area contributed by atoms with Crippen molar-refractivity contribution >= 4 is 13.7 Å². The molecule has 338 valence electrons. The molecule has 0 heterocycles. The molecule has 1 amide bonds. The largest absolute Gasteiger partial charge is 0.472 e. The minimum absolute atomic E-state index is 0.0742. The van der Waals surface area contributed by atoms with Gasteiger partial charge in [-0.3, -0.25) is 13.8 Å². The zero-order valence-electron chi connectivity index (χ0n) is 38.3. The number of aliphatic hydroxyl groups excluding tert-OH is 1. The molecule has 0 aromatic rings. The molecule has 0 rings (SSSR count). The van der Waals surface area contributed by atoms with E-state index in [1.807, 2.05) is 21.1 Å². The molecule has 8 nitrogen and oxygen atoms in total. The number of hydrogen-bond acceptors (Lipinski definition) is 5. The lowest BCUT2D eigenvalue weighted by Gasteiger charge is -2.26. The molecule has 0 aliphatic heterocycles. The SMILES string of the molecule is CCCCCCCCCCC/C=C\C/C=C\CCCCCCCCCCCC(=O)NC(COP(=O)(O)OCC[N+](C)(C)C)C(O)CCCCCCCCCCCC. The molecular formula is C48H96N2O6P+. The normalized spacial score (nSPS) is 14.4. The van der Waals surface area contributed by atoms with Crippen molar-refractivity contribution in [3.8, 4) is 0 Å². The molecule has 3 unspecified atom stereocenters. The van der Waals surface area contributed by atoms with Crippen LogP contribution in [0.1, 0.15) is 226 Å². The second-order valence-corrected chi connectivity index (χ2v) is 19.3. The minimum atomic E-state index is -4.31. The summed E-state index contributed by atoms with van der Waals surface area (Å²) in [4.78, 5) is 23.1. The predicted octanol–water partition coefficient (Wildman–Crippen LogP) is 13.7. The number of unbranched alkanes of at least 4 members (excludes halogenated alkanes) is 27. The third-order valence-electron chi connectivity index (χ3n) is 11.0. The maximum atomic E-state index is 12.9. The quantitative estimate of drug-likeness (QED) is 0.0244. The fourth-order valence-corrected chi connectivity index (χ4v) is 7.81. The number of nitrogens with zero attached hydrogens (tertiary/aromatic N) is 1. The monoisotopic (exact) mass is 828 g/mol. The van der Waals surface area contributed by atoms with Crippen molar-refractivity contribution < 1.29 is 32.9 Å². The third-order valence-corrected chi connectivity index (χ3v) is 11.9. The average Bonchev–Trinajstić information content (AvgIpc) is 3.16. The first-order chi connectivity index (χ1) is 27.5. The first-order valence-electron chi connectivity index (χ1n) is 24.2. The van der Waals surface area contributed by atoms with Crippen LogP contribution in [0.2, 0.25) is 0 Å². The van der Waals surface area contributed by atoms with Crippen LogP contribution in [-0.4, -0.2) is 73.4 Å². The Morgan fingerprint density at radius 2 is 1.00 bits per heavy atom. The Kier molecular flexibility index (Phi) is 39.7. The van der Waals surface area contributed by atoms with E-state index in [1.165, 1.54) is 154 Å². The van der Waals surface area contributed by atoms with Gasteiger partial charge in [0.1, 0.15) is 13.2 Å². The number of aliphatic hydroxyl groups is 1. The van der Waals surface area contributed by atoms with E-state index in [1.54, 1.807) is 0 Å². The summed E-state index contributed by atoms with van der Waals surface area (Å²) in [5.41, 5.74) is 0. The first-order valence-corrected chi connectivity index (χ1v) is 25.7. The summed E-state index contributed by atoms with van der Waals surface area (Å²) in [6.07, 6.45) is 47.9. The molecule has 3 atom stereocenters. The molecule has 0 saturated carbocycles. The van der Waals surface area contributed by atoms with Crippen LogP contribution in [0, 0.1) is 0 Å². The topological polar surface area (TPSA) is 105 Å². The Hall–Kier alpha value is -1.02. The Morgan fingerprint density at radius 1 is 0.596 bits per heavy atom. The molecule has 0 aliphatic carbocycles. The smallest absolute Gasteiger partial charge is 0.391 e. The lowest BCUT2D eigenvalue weighted by molar-refractivity contribution is -0.870.